The van der Waals surface area contributed by atoms with Gasteiger partial charge in [0.2, 0.25) is 5.91 Å². The molecule has 0 bridgehead atoms. The molecule has 130 valence electrons. The molecule has 3 aromatic carbocycles. The second kappa shape index (κ2) is 8.07. The second-order valence-electron chi connectivity index (χ2n) is 5.74. The minimum Gasteiger partial charge on any atom is -0.273 e. The number of rotatable bonds is 4. The van der Waals surface area contributed by atoms with Crippen LogP contribution in [0, 0.1) is 5.82 Å². The maximum Gasteiger partial charge on any atom is 0.262 e. The Bertz CT molecular complexity index is 960. The Balaban J connectivity index is 1.55. The van der Waals surface area contributed by atoms with Gasteiger partial charge in [0.25, 0.3) is 5.91 Å². The normalized spacial score (nSPS) is 10.8. The van der Waals surface area contributed by atoms with Crippen molar-refractivity contribution in [2.24, 2.45) is 0 Å². The molecule has 0 fully saturated rings. The van der Waals surface area contributed by atoms with Crippen LogP contribution >= 0.6 is 0 Å². The Morgan fingerprint density at radius 1 is 0.885 bits per heavy atom. The summed E-state index contributed by atoms with van der Waals surface area (Å²) in [7, 11) is 0. The number of carbonyl (C=O) groups is 2. The average Bonchev–Trinajstić information content (AvgIpc) is 2.66. The van der Waals surface area contributed by atoms with Crippen LogP contribution in [-0.2, 0) is 16.0 Å². The number of nitrogens with one attached hydrogen (secondary N) is 2. The van der Waals surface area contributed by atoms with Gasteiger partial charge in [0.15, 0.2) is 0 Å². The van der Waals surface area contributed by atoms with E-state index in [2.05, 4.69) is 10.9 Å². The molecule has 2 amide bonds. The van der Waals surface area contributed by atoms with E-state index in [0.717, 1.165) is 16.3 Å². The molecule has 0 aromatic heterocycles. The summed E-state index contributed by atoms with van der Waals surface area (Å²) in [6.07, 6.45) is 2.96. The number of hydrogen-bond acceptors (Lipinski definition) is 2. The van der Waals surface area contributed by atoms with Crippen molar-refractivity contribution < 1.29 is 14.0 Å². The van der Waals surface area contributed by atoms with E-state index in [1.807, 2.05) is 42.5 Å². The van der Waals surface area contributed by atoms with E-state index in [1.165, 1.54) is 24.3 Å². The van der Waals surface area contributed by atoms with Crippen LogP contribution in [0.5, 0.6) is 0 Å². The van der Waals surface area contributed by atoms with E-state index >= 15 is 0 Å². The number of hydrogen-bond donors (Lipinski definition) is 2. The first kappa shape index (κ1) is 17.4. The van der Waals surface area contributed by atoms with Crippen molar-refractivity contribution in [3.8, 4) is 0 Å². The fourth-order valence-electron chi connectivity index (χ4n) is 2.58. The lowest BCUT2D eigenvalue weighted by Crippen LogP contribution is -2.41. The summed E-state index contributed by atoms with van der Waals surface area (Å²) < 4.78 is 12.8. The van der Waals surface area contributed by atoms with E-state index in [9.17, 15) is 14.0 Å². The van der Waals surface area contributed by atoms with Crippen LogP contribution in [0.1, 0.15) is 11.1 Å². The van der Waals surface area contributed by atoms with E-state index in [-0.39, 0.29) is 18.1 Å². The quantitative estimate of drug-likeness (QED) is 0.561. The van der Waals surface area contributed by atoms with Crippen LogP contribution in [-0.4, -0.2) is 11.8 Å². The van der Waals surface area contributed by atoms with Crippen molar-refractivity contribution in [2.45, 2.75) is 6.42 Å². The molecule has 3 aromatic rings. The number of carbonyl (C=O) groups excluding carboxylic acids is 2. The predicted molar refractivity (Wildman–Crippen MR) is 99.4 cm³/mol. The molecule has 3 rings (SSSR count). The minimum absolute atomic E-state index is 0.156. The molecule has 0 saturated carbocycles. The van der Waals surface area contributed by atoms with Gasteiger partial charge in [0.05, 0.1) is 6.42 Å². The van der Waals surface area contributed by atoms with Crippen LogP contribution in [0.4, 0.5) is 4.39 Å². The lowest BCUT2D eigenvalue weighted by molar-refractivity contribution is -0.126. The molecule has 0 unspecified atom stereocenters. The van der Waals surface area contributed by atoms with Crippen molar-refractivity contribution in [2.75, 3.05) is 0 Å². The summed E-state index contributed by atoms with van der Waals surface area (Å²) in [5, 5.41) is 2.07. The summed E-state index contributed by atoms with van der Waals surface area (Å²) in [5.74, 6) is -1.13. The number of amides is 2. The average molecular weight is 348 g/mol. The molecular weight excluding hydrogens is 331 g/mol. The number of benzene rings is 3. The third kappa shape index (κ3) is 4.54. The molecule has 0 saturated heterocycles. The fraction of sp³-hybridized carbons (Fsp3) is 0.0476. The van der Waals surface area contributed by atoms with Gasteiger partial charge >= 0.3 is 0 Å². The van der Waals surface area contributed by atoms with E-state index in [4.69, 9.17) is 0 Å². The van der Waals surface area contributed by atoms with Crippen LogP contribution < -0.4 is 10.9 Å². The predicted octanol–water partition coefficient (Wildman–Crippen LogP) is 3.38. The minimum atomic E-state index is -0.472. The monoisotopic (exact) mass is 348 g/mol. The standard InChI is InChI=1S/C21H17FN2O2/c22-18-11-8-15(9-12-18)10-13-20(25)23-24-21(26)14-17-6-3-5-16-4-1-2-7-19(16)17/h1-13H,14H2,(H,23,25)(H,24,26)/b13-10+. The maximum absolute atomic E-state index is 12.8. The van der Waals surface area contributed by atoms with Crippen LogP contribution in [0.15, 0.2) is 72.8 Å². The third-order valence-corrected chi connectivity index (χ3v) is 3.85. The van der Waals surface area contributed by atoms with Crippen molar-refractivity contribution in [3.63, 3.8) is 0 Å². The molecule has 0 spiro atoms. The molecule has 0 heterocycles. The number of hydrazine groups is 1. The lowest BCUT2D eigenvalue weighted by Gasteiger charge is -2.08. The number of fused-ring (bicyclic) bond motifs is 1. The van der Waals surface area contributed by atoms with Gasteiger partial charge in [-0.05, 0) is 40.1 Å². The van der Waals surface area contributed by atoms with Gasteiger partial charge < -0.3 is 0 Å². The van der Waals surface area contributed by atoms with Crippen molar-refractivity contribution in [3.05, 3.63) is 89.8 Å². The van der Waals surface area contributed by atoms with E-state index < -0.39 is 5.91 Å². The van der Waals surface area contributed by atoms with Gasteiger partial charge in [-0.15, -0.1) is 0 Å². The summed E-state index contributed by atoms with van der Waals surface area (Å²) in [6, 6.07) is 19.3. The van der Waals surface area contributed by atoms with Crippen LogP contribution in [0.25, 0.3) is 16.8 Å². The molecule has 2 N–H and O–H groups in total. The lowest BCUT2D eigenvalue weighted by atomic mass is 10.0. The summed E-state index contributed by atoms with van der Waals surface area (Å²) >= 11 is 0. The number of halogens is 1. The van der Waals surface area contributed by atoms with Crippen molar-refractivity contribution in [1.29, 1.82) is 0 Å². The van der Waals surface area contributed by atoms with Gasteiger partial charge in [0.1, 0.15) is 5.82 Å². The highest BCUT2D eigenvalue weighted by molar-refractivity contribution is 5.94. The Morgan fingerprint density at radius 2 is 1.62 bits per heavy atom. The Morgan fingerprint density at radius 3 is 2.42 bits per heavy atom. The first-order chi connectivity index (χ1) is 12.6. The third-order valence-electron chi connectivity index (χ3n) is 3.85. The first-order valence-electron chi connectivity index (χ1n) is 8.11. The molecule has 26 heavy (non-hydrogen) atoms. The molecule has 4 nitrogen and oxygen atoms in total. The van der Waals surface area contributed by atoms with Crippen molar-refractivity contribution in [1.82, 2.24) is 10.9 Å². The van der Waals surface area contributed by atoms with Gasteiger partial charge in [-0.1, -0.05) is 54.6 Å². The molecule has 0 aliphatic heterocycles. The highest BCUT2D eigenvalue weighted by atomic mass is 19.1. The molecule has 5 heteroatoms. The van der Waals surface area contributed by atoms with Gasteiger partial charge in [-0.2, -0.15) is 0 Å². The zero-order chi connectivity index (χ0) is 18.4. The second-order valence-corrected chi connectivity index (χ2v) is 5.74. The molecule has 0 aliphatic carbocycles. The Kier molecular flexibility index (Phi) is 5.39. The zero-order valence-corrected chi connectivity index (χ0v) is 13.9. The van der Waals surface area contributed by atoms with Gasteiger partial charge in [-0.25, -0.2) is 4.39 Å². The Hall–Kier alpha value is -3.47. The van der Waals surface area contributed by atoms with Gasteiger partial charge in [0, 0.05) is 6.08 Å². The molecule has 0 atom stereocenters. The first-order valence-corrected chi connectivity index (χ1v) is 8.11. The SMILES string of the molecule is O=C(/C=C/c1ccc(F)cc1)NNC(=O)Cc1cccc2ccccc12. The summed E-state index contributed by atoms with van der Waals surface area (Å²) in [5.41, 5.74) is 6.29. The smallest absolute Gasteiger partial charge is 0.262 e. The highest BCUT2D eigenvalue weighted by Crippen LogP contribution is 2.18. The fourth-order valence-corrected chi connectivity index (χ4v) is 2.58. The topological polar surface area (TPSA) is 58.2 Å². The van der Waals surface area contributed by atoms with Crippen molar-refractivity contribution >= 4 is 28.7 Å². The van der Waals surface area contributed by atoms with Crippen LogP contribution in [0.3, 0.4) is 0 Å². The largest absolute Gasteiger partial charge is 0.273 e. The Labute approximate surface area is 150 Å². The van der Waals surface area contributed by atoms with E-state index in [1.54, 1.807) is 12.1 Å². The summed E-state index contributed by atoms with van der Waals surface area (Å²) in [4.78, 5) is 23.8. The maximum atomic E-state index is 12.8. The molecule has 0 radical (unpaired) electrons. The summed E-state index contributed by atoms with van der Waals surface area (Å²) in [6.45, 7) is 0. The van der Waals surface area contributed by atoms with Crippen LogP contribution in [0.2, 0.25) is 0 Å². The van der Waals surface area contributed by atoms with E-state index in [0.29, 0.717) is 5.56 Å². The molecule has 0 aliphatic rings. The molecular formula is C21H17FN2O2. The zero-order valence-electron chi connectivity index (χ0n) is 13.9. The highest BCUT2D eigenvalue weighted by Gasteiger charge is 2.07. The van der Waals surface area contributed by atoms with Gasteiger partial charge in [-0.3, -0.25) is 20.4 Å².